The minimum atomic E-state index is -0.751. The molecule has 3 heterocycles. The Kier molecular flexibility index (Phi) is 6.53. The van der Waals surface area contributed by atoms with Crippen LogP contribution < -0.4 is 5.32 Å². The summed E-state index contributed by atoms with van der Waals surface area (Å²) in [5.41, 5.74) is 2.43. The van der Waals surface area contributed by atoms with Gasteiger partial charge in [0.1, 0.15) is 17.9 Å². The second-order valence-electron chi connectivity index (χ2n) is 7.92. The lowest BCUT2D eigenvalue weighted by molar-refractivity contribution is -0.146. The molecule has 172 valence electrons. The molecular formula is C23H24N4O6. The van der Waals surface area contributed by atoms with Crippen LogP contribution in [0.15, 0.2) is 51.9 Å². The van der Waals surface area contributed by atoms with Crippen LogP contribution in [0.1, 0.15) is 30.4 Å². The van der Waals surface area contributed by atoms with E-state index >= 15 is 0 Å². The van der Waals surface area contributed by atoms with Crippen LogP contribution in [0, 0.1) is 6.92 Å². The van der Waals surface area contributed by atoms with Crippen molar-refractivity contribution in [3.63, 3.8) is 0 Å². The van der Waals surface area contributed by atoms with E-state index in [0.717, 1.165) is 11.1 Å². The molecule has 2 amide bonds. The van der Waals surface area contributed by atoms with E-state index in [-0.39, 0.29) is 37.7 Å². The molecule has 10 heteroatoms. The maximum atomic E-state index is 13.0. The monoisotopic (exact) mass is 452 g/mol. The van der Waals surface area contributed by atoms with Crippen LogP contribution in [-0.4, -0.2) is 51.5 Å². The number of oxazole rings is 1. The van der Waals surface area contributed by atoms with Gasteiger partial charge in [0.05, 0.1) is 24.9 Å². The van der Waals surface area contributed by atoms with Crippen LogP contribution in [0.5, 0.6) is 0 Å². The van der Waals surface area contributed by atoms with Crippen molar-refractivity contribution in [1.29, 1.82) is 0 Å². The third-order valence-electron chi connectivity index (χ3n) is 5.36. The fourth-order valence-corrected chi connectivity index (χ4v) is 3.84. The van der Waals surface area contributed by atoms with Gasteiger partial charge in [0.25, 0.3) is 0 Å². The SMILES string of the molecule is CC(=O)O[C@@H]1C[C@@H](C(=O)NCc2ccc(-c3cnco3)cc2)N(C(=O)Cc2cc(C)no2)C1. The highest BCUT2D eigenvalue weighted by molar-refractivity contribution is 5.89. The summed E-state index contributed by atoms with van der Waals surface area (Å²) in [6, 6.07) is 8.44. The Labute approximate surface area is 189 Å². The summed E-state index contributed by atoms with van der Waals surface area (Å²) < 4.78 is 15.7. The standard InChI is InChI=1S/C23H24N4O6/c1-14-7-18(33-26-14)9-22(29)27-12-19(32-15(2)28)8-20(27)23(30)25-10-16-3-5-17(6-4-16)21-11-24-13-31-21/h3-7,11,13,19-20H,8-10,12H2,1-2H3,(H,25,30)/t19-,20+/m1/s1. The fraction of sp³-hybridized carbons (Fsp3) is 0.348. The largest absolute Gasteiger partial charge is 0.461 e. The zero-order valence-corrected chi connectivity index (χ0v) is 18.3. The first-order valence-corrected chi connectivity index (χ1v) is 10.5. The molecule has 0 unspecified atom stereocenters. The molecule has 0 saturated carbocycles. The van der Waals surface area contributed by atoms with Crippen LogP contribution >= 0.6 is 0 Å². The van der Waals surface area contributed by atoms with Crippen molar-refractivity contribution in [2.75, 3.05) is 6.54 Å². The predicted molar refractivity (Wildman–Crippen MR) is 114 cm³/mol. The molecule has 1 aromatic carbocycles. The Morgan fingerprint density at radius 1 is 1.24 bits per heavy atom. The van der Waals surface area contributed by atoms with E-state index in [2.05, 4.69) is 15.5 Å². The topological polar surface area (TPSA) is 128 Å². The molecule has 0 spiro atoms. The highest BCUT2D eigenvalue weighted by Crippen LogP contribution is 2.23. The lowest BCUT2D eigenvalue weighted by atomic mass is 10.1. The van der Waals surface area contributed by atoms with E-state index in [4.69, 9.17) is 13.7 Å². The Hall–Kier alpha value is -3.95. The van der Waals surface area contributed by atoms with Gasteiger partial charge in [-0.1, -0.05) is 29.4 Å². The van der Waals surface area contributed by atoms with Crippen molar-refractivity contribution < 1.29 is 28.1 Å². The molecule has 0 radical (unpaired) electrons. The summed E-state index contributed by atoms with van der Waals surface area (Å²) in [5.74, 6) is 0.0122. The summed E-state index contributed by atoms with van der Waals surface area (Å²) in [6.45, 7) is 3.50. The summed E-state index contributed by atoms with van der Waals surface area (Å²) >= 11 is 0. The number of benzene rings is 1. The second-order valence-corrected chi connectivity index (χ2v) is 7.92. The van der Waals surface area contributed by atoms with Crippen molar-refractivity contribution in [1.82, 2.24) is 20.4 Å². The molecule has 1 aliphatic rings. The number of hydrogen-bond acceptors (Lipinski definition) is 8. The van der Waals surface area contributed by atoms with E-state index in [0.29, 0.717) is 17.2 Å². The van der Waals surface area contributed by atoms with Crippen LogP contribution in [0.4, 0.5) is 0 Å². The lowest BCUT2D eigenvalue weighted by Gasteiger charge is -2.23. The Morgan fingerprint density at radius 3 is 2.67 bits per heavy atom. The van der Waals surface area contributed by atoms with Gasteiger partial charge >= 0.3 is 5.97 Å². The number of likely N-dealkylation sites (tertiary alicyclic amines) is 1. The Balaban J connectivity index is 1.40. The van der Waals surface area contributed by atoms with Crippen molar-refractivity contribution in [2.45, 2.75) is 45.4 Å². The maximum absolute atomic E-state index is 13.0. The molecule has 2 atom stereocenters. The number of carbonyl (C=O) groups excluding carboxylic acids is 3. The highest BCUT2D eigenvalue weighted by atomic mass is 16.5. The normalized spacial score (nSPS) is 17.7. The van der Waals surface area contributed by atoms with Crippen molar-refractivity contribution in [3.05, 3.63) is 59.9 Å². The van der Waals surface area contributed by atoms with Gasteiger partial charge in [0.2, 0.25) is 11.8 Å². The van der Waals surface area contributed by atoms with E-state index in [9.17, 15) is 14.4 Å². The van der Waals surface area contributed by atoms with E-state index in [1.807, 2.05) is 24.3 Å². The van der Waals surface area contributed by atoms with E-state index < -0.39 is 18.1 Å². The first-order chi connectivity index (χ1) is 15.9. The molecule has 1 aliphatic heterocycles. The van der Waals surface area contributed by atoms with Gasteiger partial charge in [-0.2, -0.15) is 0 Å². The van der Waals surface area contributed by atoms with Gasteiger partial charge in [-0.05, 0) is 12.5 Å². The number of aryl methyl sites for hydroxylation is 1. The number of rotatable bonds is 7. The molecule has 0 bridgehead atoms. The van der Waals surface area contributed by atoms with Gasteiger partial charge in [-0.15, -0.1) is 0 Å². The first kappa shape index (κ1) is 22.3. The van der Waals surface area contributed by atoms with Crippen LogP contribution in [0.3, 0.4) is 0 Å². The number of nitrogens with one attached hydrogen (secondary N) is 1. The molecule has 2 aromatic heterocycles. The Bertz CT molecular complexity index is 1120. The van der Waals surface area contributed by atoms with Crippen LogP contribution in [0.25, 0.3) is 11.3 Å². The number of esters is 1. The molecule has 10 nitrogen and oxygen atoms in total. The fourth-order valence-electron chi connectivity index (χ4n) is 3.84. The van der Waals surface area contributed by atoms with Gasteiger partial charge in [0.15, 0.2) is 12.2 Å². The minimum Gasteiger partial charge on any atom is -0.461 e. The molecule has 0 aliphatic carbocycles. The molecule has 1 saturated heterocycles. The number of ether oxygens (including phenoxy) is 1. The van der Waals surface area contributed by atoms with Crippen molar-refractivity contribution >= 4 is 17.8 Å². The highest BCUT2D eigenvalue weighted by Gasteiger charge is 2.41. The van der Waals surface area contributed by atoms with Crippen molar-refractivity contribution in [3.8, 4) is 11.3 Å². The summed E-state index contributed by atoms with van der Waals surface area (Å²) in [6.07, 6.45) is 2.66. The third-order valence-corrected chi connectivity index (χ3v) is 5.36. The van der Waals surface area contributed by atoms with E-state index in [1.165, 1.54) is 18.2 Å². The second kappa shape index (κ2) is 9.68. The molecule has 3 aromatic rings. The maximum Gasteiger partial charge on any atom is 0.302 e. The Morgan fingerprint density at radius 2 is 2.03 bits per heavy atom. The average molecular weight is 452 g/mol. The van der Waals surface area contributed by atoms with Gasteiger partial charge in [-0.25, -0.2) is 4.98 Å². The number of carbonyl (C=O) groups is 3. The zero-order valence-electron chi connectivity index (χ0n) is 18.3. The van der Waals surface area contributed by atoms with Gasteiger partial charge in [-0.3, -0.25) is 14.4 Å². The molecule has 1 fully saturated rings. The third kappa shape index (κ3) is 5.46. The average Bonchev–Trinajstić information content (AvgIpc) is 3.53. The van der Waals surface area contributed by atoms with Crippen molar-refractivity contribution in [2.24, 2.45) is 0 Å². The number of aromatic nitrogens is 2. The van der Waals surface area contributed by atoms with Gasteiger partial charge in [0, 0.05) is 31.5 Å². The number of amides is 2. The van der Waals surface area contributed by atoms with Crippen LogP contribution in [-0.2, 0) is 32.1 Å². The lowest BCUT2D eigenvalue weighted by Crippen LogP contribution is -2.46. The quantitative estimate of drug-likeness (QED) is 0.540. The first-order valence-electron chi connectivity index (χ1n) is 10.5. The summed E-state index contributed by atoms with van der Waals surface area (Å²) in [7, 11) is 0. The minimum absolute atomic E-state index is 0.0273. The number of nitrogens with zero attached hydrogens (tertiary/aromatic N) is 3. The molecule has 1 N–H and O–H groups in total. The molecule has 4 rings (SSSR count). The number of hydrogen-bond donors (Lipinski definition) is 1. The smallest absolute Gasteiger partial charge is 0.302 e. The summed E-state index contributed by atoms with van der Waals surface area (Å²) in [5, 5.41) is 6.66. The van der Waals surface area contributed by atoms with E-state index in [1.54, 1.807) is 19.2 Å². The zero-order chi connectivity index (χ0) is 23.4. The summed E-state index contributed by atoms with van der Waals surface area (Å²) in [4.78, 5) is 42.6. The van der Waals surface area contributed by atoms with Crippen LogP contribution in [0.2, 0.25) is 0 Å². The predicted octanol–water partition coefficient (Wildman–Crippen LogP) is 2.03. The van der Waals surface area contributed by atoms with Gasteiger partial charge < -0.3 is 23.9 Å². The molecular weight excluding hydrogens is 428 g/mol. The molecule has 33 heavy (non-hydrogen) atoms.